The molecule has 8 heteroatoms. The summed E-state index contributed by atoms with van der Waals surface area (Å²) in [7, 11) is 1.45. The van der Waals surface area contributed by atoms with E-state index in [1.54, 1.807) is 0 Å². The molecule has 0 atom stereocenters. The number of methoxy groups -OCH3 is 1. The summed E-state index contributed by atoms with van der Waals surface area (Å²) in [6.45, 7) is 0. The fourth-order valence-corrected chi connectivity index (χ4v) is 1.25. The molecule has 0 fully saturated rings. The largest absolute Gasteiger partial charge is 0.480 e. The SMILES string of the molecule is COc1cncc(-c2cnc(N)c(C(=O)O)n2)n1. The molecule has 2 aromatic rings. The fraction of sp³-hybridized carbons (Fsp3) is 0.100. The minimum atomic E-state index is -1.25. The van der Waals surface area contributed by atoms with E-state index in [2.05, 4.69) is 19.9 Å². The third-order valence-corrected chi connectivity index (χ3v) is 2.09. The highest BCUT2D eigenvalue weighted by Gasteiger charge is 2.14. The molecular formula is C10H9N5O3. The van der Waals surface area contributed by atoms with Crippen LogP contribution in [0.1, 0.15) is 10.5 Å². The average molecular weight is 247 g/mol. The summed E-state index contributed by atoms with van der Waals surface area (Å²) >= 11 is 0. The monoisotopic (exact) mass is 247 g/mol. The Labute approximate surface area is 102 Å². The lowest BCUT2D eigenvalue weighted by atomic mass is 10.3. The number of ether oxygens (including phenoxy) is 1. The predicted octanol–water partition coefficient (Wildman–Crippen LogP) is 0.223. The van der Waals surface area contributed by atoms with Gasteiger partial charge in [-0.05, 0) is 0 Å². The van der Waals surface area contributed by atoms with Gasteiger partial charge in [0.2, 0.25) is 5.88 Å². The molecule has 0 aromatic carbocycles. The van der Waals surface area contributed by atoms with Crippen molar-refractivity contribution in [3.05, 3.63) is 24.3 Å². The van der Waals surface area contributed by atoms with Gasteiger partial charge in [-0.15, -0.1) is 0 Å². The molecule has 0 spiro atoms. The highest BCUT2D eigenvalue weighted by atomic mass is 16.5. The number of rotatable bonds is 3. The molecule has 0 saturated heterocycles. The van der Waals surface area contributed by atoms with E-state index in [0.29, 0.717) is 11.6 Å². The molecule has 0 aliphatic rings. The summed E-state index contributed by atoms with van der Waals surface area (Å²) in [4.78, 5) is 26.5. The van der Waals surface area contributed by atoms with E-state index in [1.807, 2.05) is 0 Å². The number of nitrogen functional groups attached to an aromatic ring is 1. The Morgan fingerprint density at radius 2 is 2.00 bits per heavy atom. The van der Waals surface area contributed by atoms with Gasteiger partial charge in [0, 0.05) is 0 Å². The van der Waals surface area contributed by atoms with E-state index in [4.69, 9.17) is 15.6 Å². The predicted molar refractivity (Wildman–Crippen MR) is 61.0 cm³/mol. The third kappa shape index (κ3) is 2.17. The van der Waals surface area contributed by atoms with Crippen LogP contribution in [0.15, 0.2) is 18.6 Å². The lowest BCUT2D eigenvalue weighted by Gasteiger charge is -2.04. The lowest BCUT2D eigenvalue weighted by molar-refractivity contribution is 0.0691. The molecule has 2 aromatic heterocycles. The third-order valence-electron chi connectivity index (χ3n) is 2.09. The Balaban J connectivity index is 2.50. The highest BCUT2D eigenvalue weighted by Crippen LogP contribution is 2.17. The summed E-state index contributed by atoms with van der Waals surface area (Å²) in [5.41, 5.74) is 5.70. The normalized spacial score (nSPS) is 10.1. The van der Waals surface area contributed by atoms with E-state index in [0.717, 1.165) is 0 Å². The van der Waals surface area contributed by atoms with Gasteiger partial charge in [-0.25, -0.2) is 19.7 Å². The van der Waals surface area contributed by atoms with E-state index in [1.165, 1.54) is 25.7 Å². The number of carbonyl (C=O) groups is 1. The molecule has 0 aliphatic carbocycles. The molecule has 0 bridgehead atoms. The maximum absolute atomic E-state index is 10.9. The van der Waals surface area contributed by atoms with Gasteiger partial charge in [-0.2, -0.15) is 0 Å². The van der Waals surface area contributed by atoms with E-state index < -0.39 is 5.97 Å². The second-order valence-electron chi connectivity index (χ2n) is 3.24. The molecule has 8 nitrogen and oxygen atoms in total. The Morgan fingerprint density at radius 1 is 1.28 bits per heavy atom. The number of carboxylic acid groups (broad SMARTS) is 1. The number of hydrogen-bond acceptors (Lipinski definition) is 7. The summed E-state index contributed by atoms with van der Waals surface area (Å²) in [5, 5.41) is 8.89. The van der Waals surface area contributed by atoms with Crippen LogP contribution in [-0.2, 0) is 0 Å². The average Bonchev–Trinajstić information content (AvgIpc) is 2.39. The van der Waals surface area contributed by atoms with Crippen molar-refractivity contribution in [2.75, 3.05) is 12.8 Å². The number of anilines is 1. The van der Waals surface area contributed by atoms with Crippen molar-refractivity contribution >= 4 is 11.8 Å². The summed E-state index contributed by atoms with van der Waals surface area (Å²) in [6.07, 6.45) is 4.17. The Kier molecular flexibility index (Phi) is 3.00. The quantitative estimate of drug-likeness (QED) is 0.789. The van der Waals surface area contributed by atoms with Crippen LogP contribution in [0, 0.1) is 0 Å². The van der Waals surface area contributed by atoms with Crippen molar-refractivity contribution in [3.8, 4) is 17.3 Å². The zero-order valence-corrected chi connectivity index (χ0v) is 9.36. The molecule has 2 rings (SSSR count). The smallest absolute Gasteiger partial charge is 0.358 e. The molecule has 0 aliphatic heterocycles. The van der Waals surface area contributed by atoms with Gasteiger partial charge in [-0.1, -0.05) is 0 Å². The molecule has 2 heterocycles. The van der Waals surface area contributed by atoms with Crippen molar-refractivity contribution in [2.24, 2.45) is 0 Å². The topological polar surface area (TPSA) is 124 Å². The van der Waals surface area contributed by atoms with Gasteiger partial charge in [0.25, 0.3) is 0 Å². The van der Waals surface area contributed by atoms with Crippen LogP contribution in [-0.4, -0.2) is 38.1 Å². The molecule has 18 heavy (non-hydrogen) atoms. The van der Waals surface area contributed by atoms with Crippen molar-refractivity contribution < 1.29 is 14.6 Å². The minimum Gasteiger partial charge on any atom is -0.480 e. The molecule has 0 amide bonds. The highest BCUT2D eigenvalue weighted by molar-refractivity contribution is 5.90. The number of hydrogen-bond donors (Lipinski definition) is 2. The van der Waals surface area contributed by atoms with Crippen LogP contribution >= 0.6 is 0 Å². The zero-order chi connectivity index (χ0) is 13.1. The first-order chi connectivity index (χ1) is 8.61. The Bertz CT molecular complexity index is 602. The first-order valence-electron chi connectivity index (χ1n) is 4.84. The van der Waals surface area contributed by atoms with Gasteiger partial charge in [0.15, 0.2) is 11.5 Å². The van der Waals surface area contributed by atoms with E-state index >= 15 is 0 Å². The van der Waals surface area contributed by atoms with E-state index in [-0.39, 0.29) is 17.2 Å². The second kappa shape index (κ2) is 4.62. The molecule has 92 valence electrons. The van der Waals surface area contributed by atoms with Gasteiger partial charge < -0.3 is 15.6 Å². The number of carboxylic acids is 1. The van der Waals surface area contributed by atoms with Crippen LogP contribution < -0.4 is 10.5 Å². The zero-order valence-electron chi connectivity index (χ0n) is 9.36. The fourth-order valence-electron chi connectivity index (χ4n) is 1.25. The van der Waals surface area contributed by atoms with Crippen LogP contribution in [0.5, 0.6) is 5.88 Å². The summed E-state index contributed by atoms with van der Waals surface area (Å²) < 4.78 is 4.91. The lowest BCUT2D eigenvalue weighted by Crippen LogP contribution is -2.08. The summed E-state index contributed by atoms with van der Waals surface area (Å²) in [5.74, 6) is -1.11. The van der Waals surface area contributed by atoms with Crippen molar-refractivity contribution in [1.29, 1.82) is 0 Å². The van der Waals surface area contributed by atoms with Gasteiger partial charge in [0.1, 0.15) is 11.4 Å². The van der Waals surface area contributed by atoms with Crippen molar-refractivity contribution in [1.82, 2.24) is 19.9 Å². The number of aromatic nitrogens is 4. The van der Waals surface area contributed by atoms with Crippen molar-refractivity contribution in [3.63, 3.8) is 0 Å². The molecule has 0 unspecified atom stereocenters. The molecule has 3 N–H and O–H groups in total. The Hall–Kier alpha value is -2.77. The second-order valence-corrected chi connectivity index (χ2v) is 3.24. The molecular weight excluding hydrogens is 238 g/mol. The van der Waals surface area contributed by atoms with Crippen LogP contribution in [0.2, 0.25) is 0 Å². The van der Waals surface area contributed by atoms with Crippen molar-refractivity contribution in [2.45, 2.75) is 0 Å². The van der Waals surface area contributed by atoms with Gasteiger partial charge in [-0.3, -0.25) is 4.98 Å². The number of aromatic carboxylic acids is 1. The first-order valence-corrected chi connectivity index (χ1v) is 4.84. The number of nitrogens with two attached hydrogens (primary N) is 1. The van der Waals surface area contributed by atoms with Gasteiger partial charge >= 0.3 is 5.97 Å². The maximum atomic E-state index is 10.9. The van der Waals surface area contributed by atoms with Crippen LogP contribution in [0.25, 0.3) is 11.4 Å². The first kappa shape index (κ1) is 11.7. The summed E-state index contributed by atoms with van der Waals surface area (Å²) in [6, 6.07) is 0. The number of nitrogens with zero attached hydrogens (tertiary/aromatic N) is 4. The Morgan fingerprint density at radius 3 is 2.67 bits per heavy atom. The van der Waals surface area contributed by atoms with Crippen LogP contribution in [0.3, 0.4) is 0 Å². The van der Waals surface area contributed by atoms with Gasteiger partial charge in [0.05, 0.1) is 25.7 Å². The molecule has 0 radical (unpaired) electrons. The standard InChI is InChI=1S/C10H9N5O3/c1-18-7-4-12-2-5(14-7)6-3-13-9(11)8(15-6)10(16)17/h2-4H,1H3,(H2,11,13)(H,16,17). The van der Waals surface area contributed by atoms with E-state index in [9.17, 15) is 4.79 Å². The van der Waals surface area contributed by atoms with Crippen LogP contribution in [0.4, 0.5) is 5.82 Å². The minimum absolute atomic E-state index is 0.151. The molecule has 0 saturated carbocycles. The maximum Gasteiger partial charge on any atom is 0.358 e.